The van der Waals surface area contributed by atoms with Crippen LogP contribution < -0.4 is 29.6 Å². The number of rotatable bonds is 9. The average molecular weight is 809 g/mol. The zero-order valence-corrected chi connectivity index (χ0v) is 34.4. The Morgan fingerprint density at radius 1 is 1.05 bits per heavy atom. The summed E-state index contributed by atoms with van der Waals surface area (Å²) >= 11 is 0. The summed E-state index contributed by atoms with van der Waals surface area (Å²) in [4.78, 5) is 64.6. The largest absolute Gasteiger partial charge is 0.496 e. The van der Waals surface area contributed by atoms with Crippen molar-refractivity contribution in [3.8, 4) is 17.4 Å². The maximum absolute atomic E-state index is 14.7. The summed E-state index contributed by atoms with van der Waals surface area (Å²) in [5.74, 6) is -0.798. The standard InChI is InChI=1S/C41H56N6O9S/c1-25(2)55-34-22-33(29-15-16-32(54-5)26(3)35(29)43-34)56-28-21-31-36(48)44-41(38(50)45-57(52,53)40(4)17-18-40)23-27(41)13-9-7-6-8-10-14-30(37(49)47(31)24-28)42-39(51)46-19-11-12-20-46/h9,13,15-16,22,25,27-28,30-31H,6-8,10-12,14,17-21,23-24H2,1-5H3,(H,42,51)(H,44,48)(H,45,50). The second kappa shape index (κ2) is 16.0. The summed E-state index contributed by atoms with van der Waals surface area (Å²) in [6, 6.07) is 3.07. The summed E-state index contributed by atoms with van der Waals surface area (Å²) in [5.41, 5.74) is -0.109. The van der Waals surface area contributed by atoms with Crippen molar-refractivity contribution in [2.75, 3.05) is 26.7 Å². The Bertz CT molecular complexity index is 2050. The number of nitrogens with one attached hydrogen (secondary N) is 3. The summed E-state index contributed by atoms with van der Waals surface area (Å²) in [6.07, 6.45) is 9.33. The van der Waals surface area contributed by atoms with Gasteiger partial charge in [0.05, 0.1) is 30.0 Å². The fraction of sp³-hybridized carbons (Fsp3) is 0.634. The smallest absolute Gasteiger partial charge is 0.318 e. The van der Waals surface area contributed by atoms with E-state index >= 15 is 0 Å². The number of aromatic nitrogens is 1. The molecule has 16 heteroatoms. The van der Waals surface area contributed by atoms with Crippen molar-refractivity contribution >= 4 is 44.7 Å². The predicted octanol–water partition coefficient (Wildman–Crippen LogP) is 4.26. The van der Waals surface area contributed by atoms with Gasteiger partial charge in [-0.3, -0.25) is 19.1 Å². The Morgan fingerprint density at radius 3 is 2.51 bits per heavy atom. The molecule has 57 heavy (non-hydrogen) atoms. The lowest BCUT2D eigenvalue weighted by Gasteiger charge is -2.30. The first-order valence-corrected chi connectivity index (χ1v) is 21.9. The molecule has 310 valence electrons. The SMILES string of the molecule is COc1ccc2c(OC3CC4C(=O)NC5(C(=O)NS(=O)(=O)C6(C)CC6)CC5C=CCCCCCC(NC(=O)N5CCCC5)C(=O)N4C3)cc(OC(C)C)nc2c1C. The van der Waals surface area contributed by atoms with Crippen molar-refractivity contribution in [3.63, 3.8) is 0 Å². The van der Waals surface area contributed by atoms with E-state index in [4.69, 9.17) is 19.2 Å². The van der Waals surface area contributed by atoms with E-state index in [0.29, 0.717) is 73.5 Å². The van der Waals surface area contributed by atoms with E-state index < -0.39 is 62.1 Å². The normalized spacial score (nSPS) is 27.5. The summed E-state index contributed by atoms with van der Waals surface area (Å²) in [5, 5.41) is 6.61. The number of hydrogen-bond donors (Lipinski definition) is 3. The van der Waals surface area contributed by atoms with Crippen LogP contribution in [0.1, 0.15) is 97.0 Å². The molecular formula is C41H56N6O9S. The van der Waals surface area contributed by atoms with Crippen molar-refractivity contribution in [2.45, 2.75) is 133 Å². The van der Waals surface area contributed by atoms with Crippen molar-refractivity contribution < 1.29 is 41.8 Å². The molecule has 7 rings (SSSR count). The molecule has 2 saturated heterocycles. The van der Waals surface area contributed by atoms with Gasteiger partial charge in [-0.2, -0.15) is 0 Å². The van der Waals surface area contributed by atoms with Gasteiger partial charge < -0.3 is 34.6 Å². The molecule has 5 amide bonds. The van der Waals surface area contributed by atoms with Crippen LogP contribution in [-0.4, -0.2) is 108 Å². The first kappa shape index (κ1) is 40.6. The molecule has 0 spiro atoms. The topological polar surface area (TPSA) is 186 Å². The van der Waals surface area contributed by atoms with Gasteiger partial charge in [0.1, 0.15) is 35.2 Å². The van der Waals surface area contributed by atoms with Crippen LogP contribution in [0.4, 0.5) is 4.79 Å². The van der Waals surface area contributed by atoms with Crippen LogP contribution in [0.5, 0.6) is 17.4 Å². The minimum Gasteiger partial charge on any atom is -0.496 e. The van der Waals surface area contributed by atoms with Crippen molar-refractivity contribution in [3.05, 3.63) is 35.9 Å². The lowest BCUT2D eigenvalue weighted by atomic mass is 10.0. The van der Waals surface area contributed by atoms with E-state index in [2.05, 4.69) is 15.4 Å². The minimum atomic E-state index is -3.99. The zero-order valence-electron chi connectivity index (χ0n) is 33.6. The quantitative estimate of drug-likeness (QED) is 0.310. The molecule has 15 nitrogen and oxygen atoms in total. The number of sulfonamides is 1. The van der Waals surface area contributed by atoms with Crippen molar-refractivity contribution in [1.29, 1.82) is 0 Å². The Labute approximate surface area is 334 Å². The molecule has 1 aromatic heterocycles. The molecular weight excluding hydrogens is 753 g/mol. The number of aryl methyl sites for hydroxylation is 1. The molecule has 1 aromatic carbocycles. The number of methoxy groups -OCH3 is 1. The average Bonchev–Trinajstić information content (AvgIpc) is 3.91. The van der Waals surface area contributed by atoms with Crippen LogP contribution in [0, 0.1) is 12.8 Å². The number of urea groups is 1. The number of amides is 5. The monoisotopic (exact) mass is 808 g/mol. The van der Waals surface area contributed by atoms with Crippen molar-refractivity contribution in [2.24, 2.45) is 5.92 Å². The lowest BCUT2D eigenvalue weighted by molar-refractivity contribution is -0.141. The van der Waals surface area contributed by atoms with E-state index in [1.165, 1.54) is 4.90 Å². The highest BCUT2D eigenvalue weighted by Gasteiger charge is 2.63. The van der Waals surface area contributed by atoms with Crippen molar-refractivity contribution in [1.82, 2.24) is 30.1 Å². The van der Waals surface area contributed by atoms with Crippen LogP contribution in [0.25, 0.3) is 10.9 Å². The number of likely N-dealkylation sites (tertiary alicyclic amines) is 1. The number of hydrogen-bond acceptors (Lipinski definition) is 10. The first-order valence-electron chi connectivity index (χ1n) is 20.4. The number of ether oxygens (including phenoxy) is 3. The van der Waals surface area contributed by atoms with Gasteiger partial charge in [-0.05, 0) is 91.2 Å². The van der Waals surface area contributed by atoms with E-state index in [1.54, 1.807) is 25.0 Å². The number of fused-ring (bicyclic) bond motifs is 3. The Balaban J connectivity index is 1.22. The Hall–Kier alpha value is -4.60. The number of carbonyl (C=O) groups is 4. The molecule has 4 heterocycles. The second-order valence-electron chi connectivity index (χ2n) is 16.8. The summed E-state index contributed by atoms with van der Waals surface area (Å²) < 4.78 is 46.0. The van der Waals surface area contributed by atoms with Crippen LogP contribution in [-0.2, 0) is 24.4 Å². The Kier molecular flexibility index (Phi) is 11.4. The molecule has 2 saturated carbocycles. The molecule has 2 aromatic rings. The van der Waals surface area contributed by atoms with Crippen LogP contribution in [0.3, 0.4) is 0 Å². The maximum atomic E-state index is 14.7. The highest BCUT2D eigenvalue weighted by Crippen LogP contribution is 2.47. The number of nitrogens with zero attached hydrogens (tertiary/aromatic N) is 3. The summed E-state index contributed by atoms with van der Waals surface area (Å²) in [6.45, 7) is 8.52. The van der Waals surface area contributed by atoms with E-state index in [1.807, 2.05) is 45.1 Å². The van der Waals surface area contributed by atoms with Gasteiger partial charge in [0.15, 0.2) is 0 Å². The van der Waals surface area contributed by atoms with Gasteiger partial charge in [0, 0.05) is 42.4 Å². The van der Waals surface area contributed by atoms with Gasteiger partial charge in [-0.1, -0.05) is 25.0 Å². The molecule has 3 aliphatic heterocycles. The highest BCUT2D eigenvalue weighted by atomic mass is 32.2. The fourth-order valence-electron chi connectivity index (χ4n) is 8.26. The van der Waals surface area contributed by atoms with Crippen LogP contribution in [0.15, 0.2) is 30.4 Å². The molecule has 4 fully saturated rings. The van der Waals surface area contributed by atoms with Gasteiger partial charge in [-0.25, -0.2) is 18.2 Å². The molecule has 2 aliphatic carbocycles. The lowest BCUT2D eigenvalue weighted by Crippen LogP contribution is -2.59. The van der Waals surface area contributed by atoms with Crippen LogP contribution in [0.2, 0.25) is 0 Å². The molecule has 5 unspecified atom stereocenters. The molecule has 0 radical (unpaired) electrons. The van der Waals surface area contributed by atoms with Gasteiger partial charge in [0.2, 0.25) is 27.7 Å². The van der Waals surface area contributed by atoms with E-state index in [-0.39, 0.29) is 31.5 Å². The molecule has 5 aliphatic rings. The third-order valence-electron chi connectivity index (χ3n) is 12.2. The van der Waals surface area contributed by atoms with E-state index in [0.717, 1.165) is 31.2 Å². The van der Waals surface area contributed by atoms with Crippen LogP contribution >= 0.6 is 0 Å². The number of carbonyl (C=O) groups excluding carboxylic acids is 4. The van der Waals surface area contributed by atoms with E-state index in [9.17, 15) is 27.6 Å². The molecule has 0 bridgehead atoms. The minimum absolute atomic E-state index is 0.0155. The number of pyridine rings is 1. The zero-order chi connectivity index (χ0) is 40.7. The number of allylic oxidation sites excluding steroid dienone is 1. The fourth-order valence-corrected chi connectivity index (χ4v) is 9.58. The van der Waals surface area contributed by atoms with Gasteiger partial charge >= 0.3 is 6.03 Å². The number of benzene rings is 1. The maximum Gasteiger partial charge on any atom is 0.318 e. The molecule has 3 N–H and O–H groups in total. The third kappa shape index (κ3) is 8.37. The van der Waals surface area contributed by atoms with Gasteiger partial charge in [0.25, 0.3) is 5.91 Å². The highest BCUT2D eigenvalue weighted by molar-refractivity contribution is 7.91. The van der Waals surface area contributed by atoms with Gasteiger partial charge in [-0.15, -0.1) is 0 Å². The molecule has 5 atom stereocenters. The predicted molar refractivity (Wildman–Crippen MR) is 212 cm³/mol. The first-order chi connectivity index (χ1) is 27.1. The second-order valence-corrected chi connectivity index (χ2v) is 19.0. The Morgan fingerprint density at radius 2 is 1.81 bits per heavy atom. The summed E-state index contributed by atoms with van der Waals surface area (Å²) in [7, 11) is -2.40. The third-order valence-corrected chi connectivity index (χ3v) is 14.3.